The molecule has 1 saturated heterocycles. The molecule has 0 spiro atoms. The minimum Gasteiger partial charge on any atom is -0.376 e. The van der Waals surface area contributed by atoms with Crippen LogP contribution in [0.1, 0.15) is 21.6 Å². The second-order valence-electron chi connectivity index (χ2n) is 6.45. The maximum absolute atomic E-state index is 12.7. The number of nitrogens with one attached hydrogen (secondary N) is 2. The van der Waals surface area contributed by atoms with Crippen LogP contribution in [0.4, 0.5) is 19.1 Å². The van der Waals surface area contributed by atoms with E-state index in [1.807, 2.05) is 0 Å². The van der Waals surface area contributed by atoms with Crippen LogP contribution >= 0.6 is 0 Å². The van der Waals surface area contributed by atoms with E-state index in [9.17, 15) is 22.8 Å². The zero-order valence-electron chi connectivity index (χ0n) is 14.6. The van der Waals surface area contributed by atoms with Crippen molar-refractivity contribution in [1.29, 1.82) is 0 Å². The lowest BCUT2D eigenvalue weighted by atomic mass is 9.87. The first kappa shape index (κ1) is 18.9. The van der Waals surface area contributed by atoms with E-state index in [4.69, 9.17) is 4.74 Å². The summed E-state index contributed by atoms with van der Waals surface area (Å²) in [6.07, 6.45) is -4.44. The van der Waals surface area contributed by atoms with Gasteiger partial charge in [0.1, 0.15) is 11.2 Å². The van der Waals surface area contributed by atoms with Crippen LogP contribution in [0, 0.1) is 0 Å². The number of H-pyrrole nitrogens is 1. The van der Waals surface area contributed by atoms with Gasteiger partial charge in [0.15, 0.2) is 0 Å². The summed E-state index contributed by atoms with van der Waals surface area (Å²) in [5, 5.41) is 2.74. The van der Waals surface area contributed by atoms with E-state index in [-0.39, 0.29) is 24.9 Å². The van der Waals surface area contributed by atoms with Crippen LogP contribution < -0.4 is 15.8 Å². The van der Waals surface area contributed by atoms with Crippen molar-refractivity contribution in [2.45, 2.75) is 11.7 Å². The summed E-state index contributed by atoms with van der Waals surface area (Å²) < 4.78 is 43.4. The number of hydrogen-bond donors (Lipinski definition) is 2. The number of rotatable bonds is 4. The Hall–Kier alpha value is -2.88. The molecule has 1 aliphatic rings. The number of benzene rings is 1. The molecule has 1 aromatic carbocycles. The van der Waals surface area contributed by atoms with Crippen LogP contribution in [-0.2, 0) is 16.5 Å². The third kappa shape index (κ3) is 3.80. The molecule has 1 amide bonds. The molecule has 0 saturated carbocycles. The first-order valence-electron chi connectivity index (χ1n) is 7.97. The van der Waals surface area contributed by atoms with Crippen molar-refractivity contribution in [2.24, 2.45) is 0 Å². The van der Waals surface area contributed by atoms with Gasteiger partial charge in [-0.05, 0) is 17.7 Å². The zero-order chi connectivity index (χ0) is 19.8. The van der Waals surface area contributed by atoms with E-state index in [0.29, 0.717) is 5.56 Å². The number of aromatic nitrogens is 2. The summed E-state index contributed by atoms with van der Waals surface area (Å²) in [5.74, 6) is -0.409. The number of carbonyl (C=O) groups excluding carboxylic acids is 1. The van der Waals surface area contributed by atoms with Gasteiger partial charge in [-0.15, -0.1) is 0 Å². The van der Waals surface area contributed by atoms with Gasteiger partial charge in [0.25, 0.3) is 11.5 Å². The highest BCUT2D eigenvalue weighted by Gasteiger charge is 2.43. The van der Waals surface area contributed by atoms with Crippen LogP contribution in [0.2, 0.25) is 0 Å². The van der Waals surface area contributed by atoms with Gasteiger partial charge in [-0.3, -0.25) is 14.6 Å². The van der Waals surface area contributed by atoms with E-state index in [1.54, 1.807) is 14.1 Å². The predicted molar refractivity (Wildman–Crippen MR) is 90.6 cm³/mol. The summed E-state index contributed by atoms with van der Waals surface area (Å²) in [6, 6.07) is 5.58. The molecule has 2 heterocycles. The fourth-order valence-corrected chi connectivity index (χ4v) is 2.65. The van der Waals surface area contributed by atoms with Gasteiger partial charge in [-0.1, -0.05) is 12.1 Å². The van der Waals surface area contributed by atoms with Crippen LogP contribution in [0.3, 0.4) is 0 Å². The molecule has 1 aromatic heterocycles. The highest BCUT2D eigenvalue weighted by Crippen LogP contribution is 2.34. The Morgan fingerprint density at radius 3 is 2.37 bits per heavy atom. The molecule has 0 aliphatic carbocycles. The smallest absolute Gasteiger partial charge is 0.376 e. The monoisotopic (exact) mass is 382 g/mol. The number of ether oxygens (including phenoxy) is 1. The topological polar surface area (TPSA) is 87.3 Å². The number of aromatic amines is 1. The Labute approximate surface area is 152 Å². The zero-order valence-corrected chi connectivity index (χ0v) is 14.6. The van der Waals surface area contributed by atoms with E-state index in [2.05, 4.69) is 15.3 Å². The maximum atomic E-state index is 12.7. The number of carbonyl (C=O) groups is 1. The third-order valence-electron chi connectivity index (χ3n) is 4.20. The molecule has 0 unspecified atom stereocenters. The number of hydrogen-bond acceptors (Lipinski definition) is 5. The summed E-state index contributed by atoms with van der Waals surface area (Å²) in [4.78, 5) is 32.5. The second kappa shape index (κ2) is 6.69. The van der Waals surface area contributed by atoms with Crippen LogP contribution in [0.15, 0.2) is 35.1 Å². The molecule has 0 atom stereocenters. The number of anilines is 1. The Morgan fingerprint density at radius 1 is 1.26 bits per heavy atom. The summed E-state index contributed by atoms with van der Waals surface area (Å²) in [6.45, 7) is 0.210. The first-order chi connectivity index (χ1) is 12.6. The fraction of sp³-hybridized carbons (Fsp3) is 0.353. The van der Waals surface area contributed by atoms with E-state index < -0.39 is 28.7 Å². The summed E-state index contributed by atoms with van der Waals surface area (Å²) in [5.41, 5.74) is -1.86. The van der Waals surface area contributed by atoms with Gasteiger partial charge in [0.2, 0.25) is 5.95 Å². The highest BCUT2D eigenvalue weighted by molar-refractivity contribution is 5.93. The van der Waals surface area contributed by atoms with Gasteiger partial charge >= 0.3 is 6.18 Å². The van der Waals surface area contributed by atoms with Crippen LogP contribution in [-0.4, -0.2) is 43.2 Å². The molecule has 7 nitrogen and oxygen atoms in total. The standard InChI is InChI=1S/C17H17F3N4O3/c1-24(2)15-21-12(7-13(25)22-15)14(26)23-16(8-27-9-16)10-3-5-11(6-4-10)17(18,19)20/h3-7H,8-9H2,1-2H3,(H,23,26)(H,21,22,25). The van der Waals surface area contributed by atoms with Crippen molar-refractivity contribution in [2.75, 3.05) is 32.2 Å². The van der Waals surface area contributed by atoms with Gasteiger partial charge in [0, 0.05) is 20.2 Å². The average Bonchev–Trinajstić information content (AvgIpc) is 2.56. The molecule has 2 aromatic rings. The Morgan fingerprint density at radius 2 is 1.89 bits per heavy atom. The van der Waals surface area contributed by atoms with Crippen molar-refractivity contribution in [1.82, 2.24) is 15.3 Å². The molecule has 0 radical (unpaired) electrons. The molecule has 1 aliphatic heterocycles. The van der Waals surface area contributed by atoms with Crippen molar-refractivity contribution in [3.05, 3.63) is 57.5 Å². The summed E-state index contributed by atoms with van der Waals surface area (Å²) >= 11 is 0. The Balaban J connectivity index is 1.86. The third-order valence-corrected chi connectivity index (χ3v) is 4.20. The van der Waals surface area contributed by atoms with Crippen molar-refractivity contribution >= 4 is 11.9 Å². The SMILES string of the molecule is CN(C)c1nc(C(=O)NC2(c3ccc(C(F)(F)F)cc3)COC2)cc(=O)[nH]1. The van der Waals surface area contributed by atoms with Gasteiger partial charge in [-0.25, -0.2) is 4.98 Å². The van der Waals surface area contributed by atoms with E-state index in [0.717, 1.165) is 18.2 Å². The largest absolute Gasteiger partial charge is 0.416 e. The van der Waals surface area contributed by atoms with Gasteiger partial charge in [0.05, 0.1) is 18.8 Å². The Bertz CT molecular complexity index is 903. The van der Waals surface area contributed by atoms with Crippen molar-refractivity contribution in [3.8, 4) is 0 Å². The fourth-order valence-electron chi connectivity index (χ4n) is 2.65. The lowest BCUT2D eigenvalue weighted by Gasteiger charge is -2.42. The second-order valence-corrected chi connectivity index (χ2v) is 6.45. The van der Waals surface area contributed by atoms with Gasteiger partial charge < -0.3 is 15.0 Å². The quantitative estimate of drug-likeness (QED) is 0.837. The number of alkyl halides is 3. The molecule has 10 heteroatoms. The Kier molecular flexibility index (Phi) is 4.68. The normalized spacial score (nSPS) is 15.7. The van der Waals surface area contributed by atoms with Crippen LogP contribution in [0.5, 0.6) is 0 Å². The summed E-state index contributed by atoms with van der Waals surface area (Å²) in [7, 11) is 3.31. The average molecular weight is 382 g/mol. The van der Waals surface area contributed by atoms with E-state index >= 15 is 0 Å². The molecular weight excluding hydrogens is 365 g/mol. The van der Waals surface area contributed by atoms with Crippen molar-refractivity contribution in [3.63, 3.8) is 0 Å². The maximum Gasteiger partial charge on any atom is 0.416 e. The lowest BCUT2D eigenvalue weighted by Crippen LogP contribution is -2.59. The van der Waals surface area contributed by atoms with E-state index in [1.165, 1.54) is 17.0 Å². The predicted octanol–water partition coefficient (Wildman–Crippen LogP) is 1.51. The van der Waals surface area contributed by atoms with Crippen LogP contribution in [0.25, 0.3) is 0 Å². The minimum absolute atomic E-state index is 0.0966. The molecule has 2 N–H and O–H groups in total. The lowest BCUT2D eigenvalue weighted by molar-refractivity contribution is -0.137. The minimum atomic E-state index is -4.44. The highest BCUT2D eigenvalue weighted by atomic mass is 19.4. The molecule has 27 heavy (non-hydrogen) atoms. The van der Waals surface area contributed by atoms with Gasteiger partial charge in [-0.2, -0.15) is 13.2 Å². The number of halogens is 3. The molecule has 1 fully saturated rings. The molecule has 3 rings (SSSR count). The molecule has 144 valence electrons. The molecule has 0 bridgehead atoms. The first-order valence-corrected chi connectivity index (χ1v) is 7.97. The molecular formula is C17H17F3N4O3. The number of amides is 1. The number of nitrogens with zero attached hydrogens (tertiary/aromatic N) is 2. The van der Waals surface area contributed by atoms with Crippen molar-refractivity contribution < 1.29 is 22.7 Å².